The second-order valence-electron chi connectivity index (χ2n) is 15.5. The van der Waals surface area contributed by atoms with Crippen LogP contribution in [0.5, 0.6) is 0 Å². The van der Waals surface area contributed by atoms with Crippen LogP contribution in [0.1, 0.15) is 88.6 Å². The summed E-state index contributed by atoms with van der Waals surface area (Å²) < 4.78 is 34.7. The predicted molar refractivity (Wildman–Crippen MR) is 167 cm³/mol. The first kappa shape index (κ1) is 38.5. The van der Waals surface area contributed by atoms with Crippen molar-refractivity contribution < 1.29 is 52.4 Å². The minimum Gasteiger partial charge on any atom is -0.462 e. The molecule has 46 heavy (non-hydrogen) atoms. The molecule has 0 radical (unpaired) electrons. The fourth-order valence-corrected chi connectivity index (χ4v) is 3.73. The van der Waals surface area contributed by atoms with Crippen LogP contribution in [0.25, 0.3) is 0 Å². The highest BCUT2D eigenvalue weighted by molar-refractivity contribution is 5.78. The minimum absolute atomic E-state index is 0.0903. The van der Waals surface area contributed by atoms with Crippen molar-refractivity contribution in [1.29, 1.82) is 0 Å². The Hall–Kier alpha value is -3.67. The lowest BCUT2D eigenvalue weighted by atomic mass is 9.92. The van der Waals surface area contributed by atoms with Gasteiger partial charge in [-0.3, -0.25) is 19.2 Å². The summed E-state index contributed by atoms with van der Waals surface area (Å²) in [5, 5.41) is 2.61. The SMILES string of the molecule is CC(C)(C)C(=O)OC[C@H]1OC(OC(=O)C(C)(C)C)[C@H](NC(=O)OCc2ccccc2)[C@@H](OC(=O)C(C)(C)C)[C@@H]1OC(=O)C(C)(C)C. The Labute approximate surface area is 272 Å². The van der Waals surface area contributed by atoms with Crippen LogP contribution in [0.3, 0.4) is 0 Å². The van der Waals surface area contributed by atoms with E-state index < -0.39 is 88.9 Å². The van der Waals surface area contributed by atoms with Gasteiger partial charge in [0.15, 0.2) is 12.2 Å². The number of rotatable bonds is 8. The number of nitrogens with one attached hydrogen (secondary N) is 1. The van der Waals surface area contributed by atoms with E-state index in [-0.39, 0.29) is 6.61 Å². The van der Waals surface area contributed by atoms with Gasteiger partial charge in [0.2, 0.25) is 6.29 Å². The molecule has 1 fully saturated rings. The monoisotopic (exact) mass is 649 g/mol. The molecular weight excluding hydrogens is 598 g/mol. The molecule has 258 valence electrons. The number of carbonyl (C=O) groups excluding carboxylic acids is 5. The van der Waals surface area contributed by atoms with Crippen LogP contribution in [-0.2, 0) is 54.2 Å². The van der Waals surface area contributed by atoms with Gasteiger partial charge in [-0.25, -0.2) is 4.79 Å². The zero-order valence-electron chi connectivity index (χ0n) is 29.2. The molecule has 1 N–H and O–H groups in total. The Kier molecular flexibility index (Phi) is 12.4. The highest BCUT2D eigenvalue weighted by atomic mass is 16.7. The summed E-state index contributed by atoms with van der Waals surface area (Å²) in [6, 6.07) is 7.52. The summed E-state index contributed by atoms with van der Waals surface area (Å²) in [6.07, 6.45) is -6.66. The lowest BCUT2D eigenvalue weighted by Crippen LogP contribution is -2.67. The van der Waals surface area contributed by atoms with Crippen LogP contribution in [0.4, 0.5) is 4.79 Å². The van der Waals surface area contributed by atoms with Gasteiger partial charge in [0.05, 0.1) is 21.7 Å². The van der Waals surface area contributed by atoms with E-state index in [0.717, 1.165) is 0 Å². The van der Waals surface area contributed by atoms with Gasteiger partial charge in [-0.15, -0.1) is 0 Å². The molecule has 1 aliphatic rings. The van der Waals surface area contributed by atoms with Gasteiger partial charge in [-0.1, -0.05) is 30.3 Å². The van der Waals surface area contributed by atoms with E-state index in [2.05, 4.69) is 5.32 Å². The largest absolute Gasteiger partial charge is 0.462 e. The van der Waals surface area contributed by atoms with Crippen LogP contribution in [0, 0.1) is 21.7 Å². The van der Waals surface area contributed by atoms with Crippen LogP contribution in [0.2, 0.25) is 0 Å². The summed E-state index contributed by atoms with van der Waals surface area (Å²) in [6.45, 7) is 19.1. The number of hydrogen-bond donors (Lipinski definition) is 1. The number of amides is 1. The maximum absolute atomic E-state index is 13.4. The summed E-state index contributed by atoms with van der Waals surface area (Å²) in [4.78, 5) is 65.7. The third kappa shape index (κ3) is 11.3. The normalized spacial score (nSPS) is 22.2. The molecule has 0 aromatic heterocycles. The molecule has 5 atom stereocenters. The van der Waals surface area contributed by atoms with E-state index in [0.29, 0.717) is 5.56 Å². The van der Waals surface area contributed by atoms with Crippen molar-refractivity contribution in [2.75, 3.05) is 6.61 Å². The third-order valence-electron chi connectivity index (χ3n) is 6.68. The minimum atomic E-state index is -1.57. The molecule has 2 rings (SSSR count). The topological polar surface area (TPSA) is 153 Å². The standard InChI is InChI=1S/C34H51NO11/c1-31(2,3)26(36)41-19-21-23(44-27(37)32(4,5)6)24(45-28(38)33(7,8)9)22(25(43-21)46-29(39)34(10,11)12)35-30(40)42-18-20-16-14-13-15-17-20/h13-17,21-25H,18-19H2,1-12H3,(H,35,40)/t21-,22-,23-,24-,25?/m1/s1. The Morgan fingerprint density at radius 3 is 1.57 bits per heavy atom. The average Bonchev–Trinajstić information content (AvgIpc) is 2.91. The van der Waals surface area contributed by atoms with Crippen molar-refractivity contribution in [2.45, 2.75) is 120 Å². The van der Waals surface area contributed by atoms with Gasteiger partial charge in [-0.2, -0.15) is 0 Å². The predicted octanol–water partition coefficient (Wildman–Crippen LogP) is 5.10. The molecule has 1 saturated heterocycles. The first-order chi connectivity index (χ1) is 20.9. The van der Waals surface area contributed by atoms with Crippen molar-refractivity contribution in [1.82, 2.24) is 5.32 Å². The third-order valence-corrected chi connectivity index (χ3v) is 6.68. The Morgan fingerprint density at radius 2 is 1.09 bits per heavy atom. The van der Waals surface area contributed by atoms with Crippen LogP contribution in [0.15, 0.2) is 30.3 Å². The van der Waals surface area contributed by atoms with Crippen molar-refractivity contribution in [3.05, 3.63) is 35.9 Å². The van der Waals surface area contributed by atoms with Gasteiger partial charge in [0.1, 0.15) is 25.4 Å². The number of carbonyl (C=O) groups is 5. The van der Waals surface area contributed by atoms with Crippen LogP contribution in [-0.4, -0.2) is 67.2 Å². The molecule has 1 heterocycles. The summed E-state index contributed by atoms with van der Waals surface area (Å²) in [5.41, 5.74) is -3.20. The number of benzene rings is 1. The zero-order valence-corrected chi connectivity index (χ0v) is 29.2. The molecule has 0 aliphatic carbocycles. The fourth-order valence-electron chi connectivity index (χ4n) is 3.73. The van der Waals surface area contributed by atoms with E-state index in [4.69, 9.17) is 28.4 Å². The van der Waals surface area contributed by atoms with Gasteiger partial charge in [0.25, 0.3) is 0 Å². The Morgan fingerprint density at radius 1 is 0.630 bits per heavy atom. The molecule has 12 heteroatoms. The second-order valence-corrected chi connectivity index (χ2v) is 15.5. The molecule has 12 nitrogen and oxygen atoms in total. The van der Waals surface area contributed by atoms with Gasteiger partial charge < -0.3 is 33.7 Å². The fraction of sp³-hybridized carbons (Fsp3) is 0.676. The number of hydrogen-bond acceptors (Lipinski definition) is 11. The summed E-state index contributed by atoms with van der Waals surface area (Å²) in [5.74, 6) is -2.65. The number of esters is 4. The molecule has 1 aromatic rings. The lowest BCUT2D eigenvalue weighted by Gasteiger charge is -2.46. The van der Waals surface area contributed by atoms with E-state index in [1.807, 2.05) is 6.07 Å². The van der Waals surface area contributed by atoms with Crippen molar-refractivity contribution in [3.63, 3.8) is 0 Å². The molecule has 1 unspecified atom stereocenters. The molecule has 0 spiro atoms. The Balaban J connectivity index is 2.63. The van der Waals surface area contributed by atoms with Crippen LogP contribution >= 0.6 is 0 Å². The lowest BCUT2D eigenvalue weighted by molar-refractivity contribution is -0.277. The average molecular weight is 650 g/mol. The molecule has 1 aromatic carbocycles. The van der Waals surface area contributed by atoms with Crippen molar-refractivity contribution in [2.24, 2.45) is 21.7 Å². The summed E-state index contributed by atoms with van der Waals surface area (Å²) >= 11 is 0. The molecule has 0 bridgehead atoms. The highest BCUT2D eigenvalue weighted by Crippen LogP contribution is 2.33. The zero-order chi connectivity index (χ0) is 35.3. The highest BCUT2D eigenvalue weighted by Gasteiger charge is 2.54. The van der Waals surface area contributed by atoms with E-state index in [9.17, 15) is 24.0 Å². The molecule has 0 saturated carbocycles. The van der Waals surface area contributed by atoms with Crippen molar-refractivity contribution in [3.8, 4) is 0 Å². The van der Waals surface area contributed by atoms with E-state index in [1.54, 1.807) is 107 Å². The van der Waals surface area contributed by atoms with Crippen molar-refractivity contribution >= 4 is 30.0 Å². The smallest absolute Gasteiger partial charge is 0.408 e. The van der Waals surface area contributed by atoms with Gasteiger partial charge >= 0.3 is 30.0 Å². The van der Waals surface area contributed by atoms with Gasteiger partial charge in [0, 0.05) is 0 Å². The summed E-state index contributed by atoms with van der Waals surface area (Å²) in [7, 11) is 0. The van der Waals surface area contributed by atoms with E-state index >= 15 is 0 Å². The van der Waals surface area contributed by atoms with Crippen LogP contribution < -0.4 is 5.32 Å². The molecule has 1 aliphatic heterocycles. The maximum Gasteiger partial charge on any atom is 0.408 e. The number of ether oxygens (including phenoxy) is 6. The maximum atomic E-state index is 13.4. The first-order valence-electron chi connectivity index (χ1n) is 15.3. The van der Waals surface area contributed by atoms with Gasteiger partial charge in [-0.05, 0) is 88.6 Å². The molecule has 1 amide bonds. The quantitative estimate of drug-likeness (QED) is 0.296. The number of alkyl carbamates (subject to hydrolysis) is 1. The van der Waals surface area contributed by atoms with E-state index in [1.165, 1.54) is 0 Å². The second kappa shape index (κ2) is 14.8. The Bertz CT molecular complexity index is 1230. The molecular formula is C34H51NO11. The first-order valence-corrected chi connectivity index (χ1v) is 15.3.